The van der Waals surface area contributed by atoms with E-state index in [4.69, 9.17) is 4.74 Å². The second-order valence-corrected chi connectivity index (χ2v) is 12.2. The first-order chi connectivity index (χ1) is 12.8. The Morgan fingerprint density at radius 1 is 0.862 bits per heavy atom. The van der Waals surface area contributed by atoms with Crippen molar-refractivity contribution in [3.05, 3.63) is 0 Å². The first-order valence-corrected chi connectivity index (χ1v) is 11.4. The smallest absolute Gasteiger partial charge is 0.207 e. The van der Waals surface area contributed by atoms with Crippen LogP contribution < -0.4 is 10.6 Å². The van der Waals surface area contributed by atoms with Gasteiger partial charge in [0.25, 0.3) is 0 Å². The van der Waals surface area contributed by atoms with Crippen LogP contribution in [0.1, 0.15) is 103 Å². The molecule has 4 nitrogen and oxygen atoms in total. The number of hydrogen-bond acceptors (Lipinski definition) is 3. The van der Waals surface area contributed by atoms with Gasteiger partial charge >= 0.3 is 0 Å². The summed E-state index contributed by atoms with van der Waals surface area (Å²) in [6.45, 7) is 32.8. The molecule has 0 heterocycles. The van der Waals surface area contributed by atoms with Crippen molar-refractivity contribution in [3.63, 3.8) is 0 Å². The fraction of sp³-hybridized carbons (Fsp3) is 0.960. The lowest BCUT2D eigenvalue weighted by molar-refractivity contribution is -0.143. The van der Waals surface area contributed by atoms with E-state index in [1.165, 1.54) is 0 Å². The van der Waals surface area contributed by atoms with Crippen LogP contribution in [0, 0.1) is 22.2 Å². The standard InChI is InChI=1S/C16H34O.C9H20N2O/c1-13(2,3)11-12-17-16(9,10)15(7,8)14(4,5)6;1-7(2)9(5-10-6-12)11-8(3)4/h11-12H2,1-10H3;6-9,11H,5H2,1-4H3,(H,10,12). The first kappa shape index (κ1) is 30.6. The Kier molecular flexibility index (Phi) is 13.0. The van der Waals surface area contributed by atoms with E-state index in [-0.39, 0.29) is 16.4 Å². The summed E-state index contributed by atoms with van der Waals surface area (Å²) in [6, 6.07) is 0.834. The minimum absolute atomic E-state index is 0.101. The van der Waals surface area contributed by atoms with Gasteiger partial charge in [0, 0.05) is 25.2 Å². The molecule has 1 unspecified atom stereocenters. The Labute approximate surface area is 183 Å². The summed E-state index contributed by atoms with van der Waals surface area (Å²) in [6.07, 6.45) is 1.86. The molecule has 0 bridgehead atoms. The van der Waals surface area contributed by atoms with Gasteiger partial charge in [0.2, 0.25) is 6.41 Å². The maximum absolute atomic E-state index is 10.1. The highest BCUT2D eigenvalue weighted by Crippen LogP contribution is 2.48. The number of carbonyl (C=O) groups is 1. The molecule has 29 heavy (non-hydrogen) atoms. The van der Waals surface area contributed by atoms with Gasteiger partial charge in [-0.05, 0) is 42.4 Å². The van der Waals surface area contributed by atoms with Gasteiger partial charge in [-0.2, -0.15) is 0 Å². The SMILES string of the molecule is CC(C)(C)CCOC(C)(C)C(C)(C)C(C)(C)C.CC(C)NC(CNC=O)C(C)C. The van der Waals surface area contributed by atoms with Crippen molar-refractivity contribution >= 4 is 6.41 Å². The molecule has 0 radical (unpaired) electrons. The molecule has 0 aliphatic rings. The van der Waals surface area contributed by atoms with Crippen LogP contribution in [0.3, 0.4) is 0 Å². The molecule has 0 saturated carbocycles. The second kappa shape index (κ2) is 12.3. The van der Waals surface area contributed by atoms with Gasteiger partial charge in [-0.1, -0.05) is 83.1 Å². The molecule has 1 amide bonds. The normalized spacial score (nSPS) is 14.5. The van der Waals surface area contributed by atoms with Crippen LogP contribution in [0.15, 0.2) is 0 Å². The molecular formula is C25H54N2O2. The fourth-order valence-electron chi connectivity index (χ4n) is 2.79. The Bertz CT molecular complexity index is 441. The van der Waals surface area contributed by atoms with Crippen LogP contribution in [0.4, 0.5) is 0 Å². The highest BCUT2D eigenvalue weighted by atomic mass is 16.5. The molecule has 0 aromatic carbocycles. The third-order valence-electron chi connectivity index (χ3n) is 6.47. The molecule has 0 aliphatic carbocycles. The van der Waals surface area contributed by atoms with Crippen molar-refractivity contribution in [2.24, 2.45) is 22.2 Å². The molecule has 4 heteroatoms. The van der Waals surface area contributed by atoms with Crippen LogP contribution >= 0.6 is 0 Å². The molecule has 0 fully saturated rings. The Hall–Kier alpha value is -0.610. The van der Waals surface area contributed by atoms with E-state index < -0.39 is 0 Å². The highest BCUT2D eigenvalue weighted by molar-refractivity contribution is 5.45. The highest BCUT2D eigenvalue weighted by Gasteiger charge is 2.46. The fourth-order valence-corrected chi connectivity index (χ4v) is 2.79. The van der Waals surface area contributed by atoms with Gasteiger partial charge in [0.1, 0.15) is 0 Å². The maximum atomic E-state index is 10.1. The zero-order valence-electron chi connectivity index (χ0n) is 22.2. The van der Waals surface area contributed by atoms with Crippen molar-refractivity contribution in [2.75, 3.05) is 13.2 Å². The lowest BCUT2D eigenvalue weighted by atomic mass is 9.61. The minimum Gasteiger partial charge on any atom is -0.375 e. The summed E-state index contributed by atoms with van der Waals surface area (Å²) < 4.78 is 6.20. The number of amides is 1. The number of hydrogen-bond donors (Lipinski definition) is 2. The van der Waals surface area contributed by atoms with E-state index in [1.807, 2.05) is 0 Å². The molecule has 0 rings (SSSR count). The van der Waals surface area contributed by atoms with Gasteiger partial charge < -0.3 is 15.4 Å². The van der Waals surface area contributed by atoms with E-state index in [1.54, 1.807) is 0 Å². The molecule has 0 aromatic rings. The summed E-state index contributed by atoms with van der Waals surface area (Å²) in [5, 5.41) is 6.08. The summed E-state index contributed by atoms with van der Waals surface area (Å²) in [5.74, 6) is 0.542. The van der Waals surface area contributed by atoms with E-state index in [2.05, 4.69) is 108 Å². The summed E-state index contributed by atoms with van der Waals surface area (Å²) >= 11 is 0. The average molecular weight is 415 g/mol. The molecule has 1 atom stereocenters. The van der Waals surface area contributed by atoms with Crippen LogP contribution in [-0.2, 0) is 9.53 Å². The third-order valence-corrected chi connectivity index (χ3v) is 6.47. The summed E-state index contributed by atoms with van der Waals surface area (Å²) in [5.41, 5.74) is 0.620. The topological polar surface area (TPSA) is 50.4 Å². The van der Waals surface area contributed by atoms with Gasteiger partial charge in [0.15, 0.2) is 0 Å². The zero-order valence-corrected chi connectivity index (χ0v) is 22.2. The molecule has 2 N–H and O–H groups in total. The van der Waals surface area contributed by atoms with Crippen molar-refractivity contribution in [3.8, 4) is 0 Å². The Morgan fingerprint density at radius 3 is 1.66 bits per heavy atom. The number of carbonyl (C=O) groups excluding carboxylic acids is 1. The predicted octanol–water partition coefficient (Wildman–Crippen LogP) is 6.05. The minimum atomic E-state index is -0.101. The quantitative estimate of drug-likeness (QED) is 0.428. The van der Waals surface area contributed by atoms with Crippen LogP contribution in [0.5, 0.6) is 0 Å². The second-order valence-electron chi connectivity index (χ2n) is 12.2. The van der Waals surface area contributed by atoms with E-state index >= 15 is 0 Å². The van der Waals surface area contributed by atoms with Gasteiger partial charge in [-0.15, -0.1) is 0 Å². The first-order valence-electron chi connectivity index (χ1n) is 11.4. The Morgan fingerprint density at radius 2 is 1.34 bits per heavy atom. The predicted molar refractivity (Wildman–Crippen MR) is 128 cm³/mol. The molecule has 176 valence electrons. The van der Waals surface area contributed by atoms with Crippen molar-refractivity contribution in [2.45, 2.75) is 121 Å². The summed E-state index contributed by atoms with van der Waals surface area (Å²) in [7, 11) is 0. The van der Waals surface area contributed by atoms with E-state index in [9.17, 15) is 4.79 Å². The zero-order chi connectivity index (χ0) is 23.7. The molecule has 0 aromatic heterocycles. The number of rotatable bonds is 10. The third kappa shape index (κ3) is 12.6. The van der Waals surface area contributed by atoms with Gasteiger partial charge in [-0.3, -0.25) is 4.79 Å². The van der Waals surface area contributed by atoms with E-state index in [0.29, 0.717) is 30.0 Å². The van der Waals surface area contributed by atoms with Crippen LogP contribution in [0.2, 0.25) is 0 Å². The lowest BCUT2D eigenvalue weighted by Crippen LogP contribution is -2.49. The average Bonchev–Trinajstić information content (AvgIpc) is 2.48. The van der Waals surface area contributed by atoms with Crippen molar-refractivity contribution < 1.29 is 9.53 Å². The van der Waals surface area contributed by atoms with Gasteiger partial charge in [0.05, 0.1) is 5.60 Å². The van der Waals surface area contributed by atoms with Crippen molar-refractivity contribution in [1.82, 2.24) is 10.6 Å². The number of ether oxygens (including phenoxy) is 1. The molecule has 0 spiro atoms. The lowest BCUT2D eigenvalue weighted by Gasteiger charge is -2.50. The monoisotopic (exact) mass is 414 g/mol. The molecule has 0 saturated heterocycles. The largest absolute Gasteiger partial charge is 0.375 e. The van der Waals surface area contributed by atoms with Gasteiger partial charge in [-0.25, -0.2) is 0 Å². The van der Waals surface area contributed by atoms with E-state index in [0.717, 1.165) is 19.4 Å². The van der Waals surface area contributed by atoms with Crippen LogP contribution in [-0.4, -0.2) is 37.2 Å². The summed E-state index contributed by atoms with van der Waals surface area (Å²) in [4.78, 5) is 10.1. The Balaban J connectivity index is 0. The van der Waals surface area contributed by atoms with Crippen LogP contribution in [0.25, 0.3) is 0 Å². The molecule has 0 aliphatic heterocycles. The number of nitrogens with one attached hydrogen (secondary N) is 2. The molecular weight excluding hydrogens is 360 g/mol. The maximum Gasteiger partial charge on any atom is 0.207 e. The van der Waals surface area contributed by atoms with Crippen molar-refractivity contribution in [1.29, 1.82) is 0 Å².